The van der Waals surface area contributed by atoms with Crippen LogP contribution >= 0.6 is 0 Å². The highest BCUT2D eigenvalue weighted by atomic mass is 32.2. The lowest BCUT2D eigenvalue weighted by Crippen LogP contribution is -2.57. The van der Waals surface area contributed by atoms with Crippen LogP contribution in [0.15, 0.2) is 83.8 Å². The Balaban J connectivity index is 1.11. The standard InChI is InChI=1S/C36H44N4O3S/c1-25-10-8-9-13-31(25)33-22-28-16-19-30(23-32(28)37-33)44(42,43)38-29-17-14-27(15-18-29)35(41)40-21-20-39(36(2,3)4)24-34(40)26-11-6-5-7-12-26/h5-13,16,19,22-23,27,29,34,37-38H,14-15,17-18,20-21,24H2,1-4H3. The fourth-order valence-corrected chi connectivity index (χ4v) is 8.22. The average molecular weight is 613 g/mol. The lowest BCUT2D eigenvalue weighted by atomic mass is 9.84. The molecular weight excluding hydrogens is 568 g/mol. The first-order valence-corrected chi connectivity index (χ1v) is 17.3. The number of rotatable bonds is 6. The molecule has 0 bridgehead atoms. The predicted octanol–water partition coefficient (Wildman–Crippen LogP) is 6.66. The van der Waals surface area contributed by atoms with Gasteiger partial charge in [0.15, 0.2) is 0 Å². The summed E-state index contributed by atoms with van der Waals surface area (Å²) in [7, 11) is -3.71. The second kappa shape index (κ2) is 12.1. The van der Waals surface area contributed by atoms with Crippen molar-refractivity contribution < 1.29 is 13.2 Å². The van der Waals surface area contributed by atoms with Gasteiger partial charge in [-0.25, -0.2) is 13.1 Å². The number of nitrogens with zero attached hydrogens (tertiary/aromatic N) is 2. The van der Waals surface area contributed by atoms with Gasteiger partial charge in [-0.15, -0.1) is 0 Å². The molecule has 0 spiro atoms. The van der Waals surface area contributed by atoms with Crippen molar-refractivity contribution in [3.8, 4) is 11.3 Å². The molecule has 44 heavy (non-hydrogen) atoms. The van der Waals surface area contributed by atoms with Gasteiger partial charge in [-0.2, -0.15) is 0 Å². The normalized spacial score (nSPS) is 21.9. The Labute approximate surface area is 261 Å². The fraction of sp³-hybridized carbons (Fsp3) is 0.417. The summed E-state index contributed by atoms with van der Waals surface area (Å²) in [5, 5.41) is 0.971. The van der Waals surface area contributed by atoms with E-state index in [4.69, 9.17) is 0 Å². The van der Waals surface area contributed by atoms with Gasteiger partial charge >= 0.3 is 0 Å². The van der Waals surface area contributed by atoms with Crippen molar-refractivity contribution >= 4 is 26.8 Å². The molecule has 1 aromatic heterocycles. The predicted molar refractivity (Wildman–Crippen MR) is 177 cm³/mol. The van der Waals surface area contributed by atoms with E-state index in [-0.39, 0.29) is 34.3 Å². The van der Waals surface area contributed by atoms with E-state index in [1.54, 1.807) is 12.1 Å². The Morgan fingerprint density at radius 1 is 0.886 bits per heavy atom. The van der Waals surface area contributed by atoms with E-state index in [9.17, 15) is 13.2 Å². The zero-order chi connectivity index (χ0) is 31.1. The molecule has 7 nitrogen and oxygen atoms in total. The number of hydrogen-bond acceptors (Lipinski definition) is 4. The summed E-state index contributed by atoms with van der Waals surface area (Å²) < 4.78 is 29.8. The molecule has 3 aromatic carbocycles. The number of benzene rings is 3. The van der Waals surface area contributed by atoms with Crippen LogP contribution in [0.25, 0.3) is 22.2 Å². The number of carbonyl (C=O) groups excluding carboxylic acids is 1. The molecule has 1 unspecified atom stereocenters. The number of carbonyl (C=O) groups is 1. The largest absolute Gasteiger partial charge is 0.354 e. The van der Waals surface area contributed by atoms with Gasteiger partial charge in [0.1, 0.15) is 0 Å². The minimum Gasteiger partial charge on any atom is -0.354 e. The van der Waals surface area contributed by atoms with Crippen LogP contribution in [0.4, 0.5) is 0 Å². The third-order valence-electron chi connectivity index (χ3n) is 9.53. The number of aryl methyl sites for hydroxylation is 1. The van der Waals surface area contributed by atoms with Gasteiger partial charge in [0.25, 0.3) is 0 Å². The number of sulfonamides is 1. The zero-order valence-corrected chi connectivity index (χ0v) is 27.0. The third kappa shape index (κ3) is 6.34. The number of aromatic nitrogens is 1. The summed E-state index contributed by atoms with van der Waals surface area (Å²) in [5.41, 5.74) is 5.22. The Hall–Kier alpha value is -3.46. The lowest BCUT2D eigenvalue weighted by Gasteiger charge is -2.48. The smallest absolute Gasteiger partial charge is 0.240 e. The lowest BCUT2D eigenvalue weighted by molar-refractivity contribution is -0.143. The Morgan fingerprint density at radius 2 is 1.59 bits per heavy atom. The van der Waals surface area contributed by atoms with Crippen molar-refractivity contribution in [2.45, 2.75) is 75.9 Å². The van der Waals surface area contributed by atoms with Crippen molar-refractivity contribution in [2.75, 3.05) is 19.6 Å². The topological polar surface area (TPSA) is 85.5 Å². The van der Waals surface area contributed by atoms with E-state index in [1.807, 2.05) is 36.4 Å². The molecule has 8 heteroatoms. The van der Waals surface area contributed by atoms with Crippen LogP contribution in [-0.2, 0) is 14.8 Å². The molecule has 1 saturated carbocycles. The van der Waals surface area contributed by atoms with E-state index < -0.39 is 10.0 Å². The SMILES string of the molecule is Cc1ccccc1-c1cc2ccc(S(=O)(=O)NC3CCC(C(=O)N4CCN(C(C)(C)C)CC4c4ccccc4)CC3)cc2[nH]1. The molecule has 1 atom stereocenters. The van der Waals surface area contributed by atoms with Crippen LogP contribution in [0.1, 0.15) is 63.6 Å². The molecule has 2 heterocycles. The minimum absolute atomic E-state index is 0.0159. The van der Waals surface area contributed by atoms with Gasteiger partial charge in [0, 0.05) is 59.3 Å². The van der Waals surface area contributed by atoms with Crippen LogP contribution < -0.4 is 4.72 Å². The number of piperazine rings is 1. The number of amides is 1. The van der Waals surface area contributed by atoms with Gasteiger partial charge in [0.2, 0.25) is 15.9 Å². The Morgan fingerprint density at radius 3 is 2.30 bits per heavy atom. The maximum Gasteiger partial charge on any atom is 0.240 e. The van der Waals surface area contributed by atoms with E-state index in [2.05, 4.69) is 77.5 Å². The number of aromatic amines is 1. The monoisotopic (exact) mass is 612 g/mol. The highest BCUT2D eigenvalue weighted by Gasteiger charge is 2.39. The molecule has 1 saturated heterocycles. The van der Waals surface area contributed by atoms with Crippen LogP contribution in [0.2, 0.25) is 0 Å². The van der Waals surface area contributed by atoms with Crippen LogP contribution in [0.5, 0.6) is 0 Å². The maximum absolute atomic E-state index is 13.9. The van der Waals surface area contributed by atoms with Crippen LogP contribution in [-0.4, -0.2) is 60.3 Å². The highest BCUT2D eigenvalue weighted by molar-refractivity contribution is 7.89. The van der Waals surface area contributed by atoms with Crippen LogP contribution in [0.3, 0.4) is 0 Å². The third-order valence-corrected chi connectivity index (χ3v) is 11.1. The molecular formula is C36H44N4O3S. The molecule has 232 valence electrons. The molecule has 4 aromatic rings. The second-order valence-corrected chi connectivity index (χ2v) is 15.2. The summed E-state index contributed by atoms with van der Waals surface area (Å²) in [5.74, 6) is 0.119. The van der Waals surface area contributed by atoms with Crippen molar-refractivity contribution in [1.29, 1.82) is 0 Å². The minimum atomic E-state index is -3.71. The molecule has 2 aliphatic rings. The van der Waals surface area contributed by atoms with Gasteiger partial charge in [0.05, 0.1) is 10.9 Å². The zero-order valence-electron chi connectivity index (χ0n) is 26.2. The van der Waals surface area contributed by atoms with Crippen LogP contribution in [0, 0.1) is 12.8 Å². The Kier molecular flexibility index (Phi) is 8.44. The van der Waals surface area contributed by atoms with Gasteiger partial charge in [-0.1, -0.05) is 60.7 Å². The highest BCUT2D eigenvalue weighted by Crippen LogP contribution is 2.34. The van der Waals surface area contributed by atoms with Gasteiger partial charge in [-0.05, 0) is 82.7 Å². The molecule has 2 fully saturated rings. The first kappa shape index (κ1) is 30.6. The maximum atomic E-state index is 13.9. The van der Waals surface area contributed by atoms with E-state index >= 15 is 0 Å². The molecule has 1 amide bonds. The van der Waals surface area contributed by atoms with Crippen molar-refractivity contribution in [2.24, 2.45) is 5.92 Å². The first-order chi connectivity index (χ1) is 21.0. The second-order valence-electron chi connectivity index (χ2n) is 13.5. The van der Waals surface area contributed by atoms with E-state index in [1.165, 1.54) is 5.56 Å². The summed E-state index contributed by atoms with van der Waals surface area (Å²) in [6.45, 7) is 11.1. The summed E-state index contributed by atoms with van der Waals surface area (Å²) in [6, 6.07) is 25.6. The number of hydrogen-bond donors (Lipinski definition) is 2. The molecule has 6 rings (SSSR count). The summed E-state index contributed by atoms with van der Waals surface area (Å²) in [6.07, 6.45) is 2.66. The van der Waals surface area contributed by atoms with Gasteiger partial charge in [-0.3, -0.25) is 9.69 Å². The number of H-pyrrole nitrogens is 1. The average Bonchev–Trinajstić information content (AvgIpc) is 3.44. The van der Waals surface area contributed by atoms with Gasteiger partial charge < -0.3 is 9.88 Å². The summed E-state index contributed by atoms with van der Waals surface area (Å²) in [4.78, 5) is 22.1. The van der Waals surface area contributed by atoms with E-state index in [0.717, 1.165) is 40.8 Å². The molecule has 2 N–H and O–H groups in total. The fourth-order valence-electron chi connectivity index (χ4n) is 6.89. The number of nitrogens with one attached hydrogen (secondary N) is 2. The quantitative estimate of drug-likeness (QED) is 0.255. The molecule has 0 radical (unpaired) electrons. The first-order valence-electron chi connectivity index (χ1n) is 15.8. The van der Waals surface area contributed by atoms with E-state index in [0.29, 0.717) is 32.2 Å². The summed E-state index contributed by atoms with van der Waals surface area (Å²) >= 11 is 0. The van der Waals surface area contributed by atoms with Crippen molar-refractivity contribution in [3.05, 3.63) is 90.0 Å². The number of fused-ring (bicyclic) bond motifs is 1. The van der Waals surface area contributed by atoms with Crippen molar-refractivity contribution in [1.82, 2.24) is 19.5 Å². The molecule has 1 aliphatic carbocycles. The molecule has 1 aliphatic heterocycles. The Bertz CT molecular complexity index is 1730. The van der Waals surface area contributed by atoms with Crippen molar-refractivity contribution in [3.63, 3.8) is 0 Å².